The lowest BCUT2D eigenvalue weighted by Crippen LogP contribution is -2.15. The summed E-state index contributed by atoms with van der Waals surface area (Å²) < 4.78 is 5.71. The van der Waals surface area contributed by atoms with Gasteiger partial charge in [-0.1, -0.05) is 32.9 Å². The molecule has 0 unspecified atom stereocenters. The third kappa shape index (κ3) is 3.92. The smallest absolute Gasteiger partial charge is 0.158 e. The largest absolute Gasteiger partial charge is 0.487 e. The van der Waals surface area contributed by atoms with Gasteiger partial charge in [-0.05, 0) is 29.5 Å². The van der Waals surface area contributed by atoms with Crippen LogP contribution in [-0.4, -0.2) is 9.97 Å². The lowest BCUT2D eigenvalue weighted by atomic mass is 9.82. The van der Waals surface area contributed by atoms with Crippen molar-refractivity contribution in [1.82, 2.24) is 9.97 Å². The molecule has 1 aromatic heterocycles. The number of nitrogens with two attached hydrogens (primary N) is 1. The number of rotatable bonds is 6. The number of aromatic nitrogens is 2. The van der Waals surface area contributed by atoms with Gasteiger partial charge in [-0.15, -0.1) is 0 Å². The topological polar surface area (TPSA) is 73.1 Å². The molecule has 0 saturated heterocycles. The van der Waals surface area contributed by atoms with Crippen LogP contribution in [0.4, 0.5) is 5.82 Å². The fraction of sp³-hybridized carbons (Fsp3) is 0.375. The predicted molar refractivity (Wildman–Crippen MR) is 83.9 cm³/mol. The number of nitrogen functional groups attached to an aromatic ring is 1. The number of hydrogen-bond acceptors (Lipinski definition) is 5. The van der Waals surface area contributed by atoms with E-state index in [1.807, 2.05) is 12.1 Å². The zero-order valence-corrected chi connectivity index (χ0v) is 12.8. The first-order chi connectivity index (χ1) is 10.0. The van der Waals surface area contributed by atoms with E-state index in [0.29, 0.717) is 12.4 Å². The van der Waals surface area contributed by atoms with Gasteiger partial charge in [-0.3, -0.25) is 4.98 Å². The fourth-order valence-electron chi connectivity index (χ4n) is 1.87. The molecule has 112 valence electrons. The second-order valence-corrected chi connectivity index (χ2v) is 5.59. The highest BCUT2D eigenvalue weighted by atomic mass is 16.5. The van der Waals surface area contributed by atoms with Crippen molar-refractivity contribution in [3.8, 4) is 5.75 Å². The van der Waals surface area contributed by atoms with Gasteiger partial charge in [0.15, 0.2) is 5.82 Å². The number of hydrogen-bond donors (Lipinski definition) is 2. The van der Waals surface area contributed by atoms with Crippen LogP contribution in [0.15, 0.2) is 36.7 Å². The van der Waals surface area contributed by atoms with Crippen LogP contribution in [-0.2, 0) is 12.0 Å². The van der Waals surface area contributed by atoms with Crippen LogP contribution < -0.4 is 16.0 Å². The van der Waals surface area contributed by atoms with Crippen molar-refractivity contribution in [2.75, 3.05) is 5.43 Å². The van der Waals surface area contributed by atoms with Crippen LogP contribution >= 0.6 is 0 Å². The molecule has 0 aliphatic rings. The minimum Gasteiger partial charge on any atom is -0.487 e. The maximum atomic E-state index is 5.71. The van der Waals surface area contributed by atoms with Gasteiger partial charge < -0.3 is 10.2 Å². The van der Waals surface area contributed by atoms with Crippen LogP contribution in [0.3, 0.4) is 0 Å². The third-order valence-corrected chi connectivity index (χ3v) is 3.76. The minimum absolute atomic E-state index is 0.190. The van der Waals surface area contributed by atoms with Gasteiger partial charge in [-0.25, -0.2) is 10.8 Å². The SMILES string of the molecule is CCC(C)(C)c1ccc(OCc2cnc(NN)cn2)cc1. The summed E-state index contributed by atoms with van der Waals surface area (Å²) in [4.78, 5) is 8.29. The summed E-state index contributed by atoms with van der Waals surface area (Å²) in [6.45, 7) is 7.06. The molecule has 5 nitrogen and oxygen atoms in total. The maximum absolute atomic E-state index is 5.71. The second-order valence-electron chi connectivity index (χ2n) is 5.59. The van der Waals surface area contributed by atoms with Gasteiger partial charge in [0.1, 0.15) is 12.4 Å². The van der Waals surface area contributed by atoms with Crippen LogP contribution in [0, 0.1) is 0 Å². The Morgan fingerprint density at radius 2 is 1.86 bits per heavy atom. The van der Waals surface area contributed by atoms with Crippen molar-refractivity contribution in [2.45, 2.75) is 39.2 Å². The molecule has 1 heterocycles. The molecule has 0 saturated carbocycles. The highest BCUT2D eigenvalue weighted by Gasteiger charge is 2.17. The minimum atomic E-state index is 0.190. The molecule has 0 amide bonds. The number of hydrazine groups is 1. The lowest BCUT2D eigenvalue weighted by Gasteiger charge is -2.23. The molecule has 0 atom stereocenters. The van der Waals surface area contributed by atoms with E-state index < -0.39 is 0 Å². The Morgan fingerprint density at radius 1 is 1.14 bits per heavy atom. The Bertz CT molecular complexity index is 564. The van der Waals surface area contributed by atoms with Crippen molar-refractivity contribution >= 4 is 5.82 Å². The Balaban J connectivity index is 1.97. The van der Waals surface area contributed by atoms with E-state index >= 15 is 0 Å². The molecule has 1 aromatic carbocycles. The van der Waals surface area contributed by atoms with Crippen molar-refractivity contribution in [2.24, 2.45) is 5.84 Å². The van der Waals surface area contributed by atoms with Gasteiger partial charge >= 0.3 is 0 Å². The molecule has 3 N–H and O–H groups in total. The quantitative estimate of drug-likeness (QED) is 0.631. The predicted octanol–water partition coefficient (Wildman–Crippen LogP) is 3.03. The van der Waals surface area contributed by atoms with E-state index in [2.05, 4.69) is 48.3 Å². The molecule has 0 fully saturated rings. The number of benzene rings is 1. The number of nitrogens with one attached hydrogen (secondary N) is 1. The van der Waals surface area contributed by atoms with Crippen molar-refractivity contribution in [3.05, 3.63) is 47.9 Å². The van der Waals surface area contributed by atoms with Crippen LogP contribution in [0.2, 0.25) is 0 Å². The van der Waals surface area contributed by atoms with Gasteiger partial charge in [-0.2, -0.15) is 0 Å². The van der Waals surface area contributed by atoms with Crippen LogP contribution in [0.1, 0.15) is 38.4 Å². The lowest BCUT2D eigenvalue weighted by molar-refractivity contribution is 0.300. The second kappa shape index (κ2) is 6.54. The van der Waals surface area contributed by atoms with E-state index in [1.54, 1.807) is 12.4 Å². The highest BCUT2D eigenvalue weighted by Crippen LogP contribution is 2.28. The summed E-state index contributed by atoms with van der Waals surface area (Å²) in [5.74, 6) is 6.60. The molecule has 2 rings (SSSR count). The molecule has 0 radical (unpaired) electrons. The summed E-state index contributed by atoms with van der Waals surface area (Å²) >= 11 is 0. The third-order valence-electron chi connectivity index (χ3n) is 3.76. The van der Waals surface area contributed by atoms with Crippen molar-refractivity contribution < 1.29 is 4.74 Å². The first kappa shape index (κ1) is 15.3. The van der Waals surface area contributed by atoms with Crippen LogP contribution in [0.5, 0.6) is 5.75 Å². The number of ether oxygens (including phenoxy) is 1. The molecule has 21 heavy (non-hydrogen) atoms. The van der Waals surface area contributed by atoms with E-state index in [4.69, 9.17) is 10.6 Å². The molecule has 0 aliphatic carbocycles. The standard InChI is InChI=1S/C16H22N4O/c1-4-16(2,3)12-5-7-14(8-6-12)21-11-13-9-19-15(20-17)10-18-13/h5-10H,4,11,17H2,1-3H3,(H,19,20). The van der Waals surface area contributed by atoms with E-state index in [9.17, 15) is 0 Å². The molecule has 5 heteroatoms. The summed E-state index contributed by atoms with van der Waals surface area (Å²) in [5.41, 5.74) is 4.70. The summed E-state index contributed by atoms with van der Waals surface area (Å²) in [5, 5.41) is 0. The van der Waals surface area contributed by atoms with Crippen molar-refractivity contribution in [3.63, 3.8) is 0 Å². The van der Waals surface area contributed by atoms with Crippen molar-refractivity contribution in [1.29, 1.82) is 0 Å². The average molecular weight is 286 g/mol. The Hall–Kier alpha value is -2.14. The molecule has 0 aliphatic heterocycles. The Labute approximate surface area is 125 Å². The fourth-order valence-corrected chi connectivity index (χ4v) is 1.87. The molecule has 0 bridgehead atoms. The van der Waals surface area contributed by atoms with Gasteiger partial charge in [0.25, 0.3) is 0 Å². The summed E-state index contributed by atoms with van der Waals surface area (Å²) in [6, 6.07) is 8.23. The highest BCUT2D eigenvalue weighted by molar-refractivity contribution is 5.32. The first-order valence-electron chi connectivity index (χ1n) is 7.06. The monoisotopic (exact) mass is 286 g/mol. The van der Waals surface area contributed by atoms with Crippen LogP contribution in [0.25, 0.3) is 0 Å². The number of nitrogens with zero attached hydrogens (tertiary/aromatic N) is 2. The first-order valence-corrected chi connectivity index (χ1v) is 7.06. The normalized spacial score (nSPS) is 11.2. The van der Waals surface area contributed by atoms with Gasteiger partial charge in [0.05, 0.1) is 18.1 Å². The molecular formula is C16H22N4O. The van der Waals surface area contributed by atoms with E-state index in [0.717, 1.165) is 17.9 Å². The molecule has 0 spiro atoms. The van der Waals surface area contributed by atoms with E-state index in [-0.39, 0.29) is 5.41 Å². The maximum Gasteiger partial charge on any atom is 0.158 e. The number of anilines is 1. The zero-order valence-electron chi connectivity index (χ0n) is 12.8. The Kier molecular flexibility index (Phi) is 4.75. The van der Waals surface area contributed by atoms with Gasteiger partial charge in [0.2, 0.25) is 0 Å². The average Bonchev–Trinajstić information content (AvgIpc) is 2.54. The Morgan fingerprint density at radius 3 is 2.38 bits per heavy atom. The zero-order chi connectivity index (χ0) is 15.3. The van der Waals surface area contributed by atoms with Gasteiger partial charge in [0, 0.05) is 0 Å². The molecular weight excluding hydrogens is 264 g/mol. The van der Waals surface area contributed by atoms with E-state index in [1.165, 1.54) is 5.56 Å². The summed E-state index contributed by atoms with van der Waals surface area (Å²) in [6.07, 6.45) is 4.32. The molecule has 2 aromatic rings. The summed E-state index contributed by atoms with van der Waals surface area (Å²) in [7, 11) is 0.